The van der Waals surface area contributed by atoms with E-state index in [9.17, 15) is 0 Å². The molecule has 5 rings (SSSR count). The van der Waals surface area contributed by atoms with Crippen molar-refractivity contribution in [2.45, 2.75) is 26.6 Å². The van der Waals surface area contributed by atoms with E-state index >= 15 is 0 Å². The van der Waals surface area contributed by atoms with Crippen LogP contribution in [-0.4, -0.2) is 62.9 Å². The van der Waals surface area contributed by atoms with E-state index in [1.807, 2.05) is 24.8 Å². The highest BCUT2D eigenvalue weighted by molar-refractivity contribution is 5.97. The summed E-state index contributed by atoms with van der Waals surface area (Å²) in [5.41, 5.74) is 4.05. The van der Waals surface area contributed by atoms with Crippen LogP contribution in [0, 0.1) is 6.92 Å². The molecule has 3 aromatic rings. The lowest BCUT2D eigenvalue weighted by atomic mass is 10.1. The number of anilines is 1. The zero-order valence-electron chi connectivity index (χ0n) is 17.9. The molecule has 160 valence electrons. The lowest BCUT2D eigenvalue weighted by Crippen LogP contribution is -2.35. The van der Waals surface area contributed by atoms with Crippen LogP contribution < -0.4 is 10.1 Å². The zero-order chi connectivity index (χ0) is 21.4. The Kier molecular flexibility index (Phi) is 5.03. The quantitative estimate of drug-likeness (QED) is 0.656. The van der Waals surface area contributed by atoms with Crippen molar-refractivity contribution in [1.29, 1.82) is 0 Å². The number of methoxy groups -OCH3 is 1. The Bertz CT molecular complexity index is 1170. The summed E-state index contributed by atoms with van der Waals surface area (Å²) >= 11 is 0. The van der Waals surface area contributed by atoms with Crippen LogP contribution in [0.1, 0.15) is 24.3 Å². The standard InChI is InChI=1S/C22H26N7O2/c1-4-27-14-23-18-19(27)24-22(25-20(18)28-8-10-31-11-9-28)29-13-17(21(26-29)30-3)16-7-5-6-15(2)12-16/h5-8,12-14,20H,4,9-11H2,1-3H3,(H,24,25)/q+1. The number of nitrogens with one attached hydrogen (secondary N) is 1. The van der Waals surface area contributed by atoms with Crippen molar-refractivity contribution in [2.75, 3.05) is 32.2 Å². The predicted octanol–water partition coefficient (Wildman–Crippen LogP) is 2.53. The van der Waals surface area contributed by atoms with Crippen molar-refractivity contribution in [2.24, 2.45) is 4.99 Å². The molecule has 0 aliphatic carbocycles. The van der Waals surface area contributed by atoms with E-state index in [4.69, 9.17) is 14.5 Å². The third-order valence-corrected chi connectivity index (χ3v) is 5.58. The minimum atomic E-state index is -0.236. The second kappa shape index (κ2) is 7.99. The molecule has 0 bridgehead atoms. The lowest BCUT2D eigenvalue weighted by molar-refractivity contribution is -0.576. The van der Waals surface area contributed by atoms with Gasteiger partial charge < -0.3 is 19.4 Å². The molecule has 9 nitrogen and oxygen atoms in total. The van der Waals surface area contributed by atoms with Gasteiger partial charge in [-0.25, -0.2) is 14.2 Å². The van der Waals surface area contributed by atoms with E-state index in [1.165, 1.54) is 5.56 Å². The molecule has 9 heteroatoms. The fraction of sp³-hybridized carbons (Fsp3) is 0.364. The first-order valence-electron chi connectivity index (χ1n) is 10.5. The molecular weight excluding hydrogens is 394 g/mol. The van der Waals surface area contributed by atoms with Crippen molar-refractivity contribution in [3.05, 3.63) is 48.0 Å². The Labute approximate surface area is 180 Å². The minimum absolute atomic E-state index is 0.236. The van der Waals surface area contributed by atoms with Crippen molar-refractivity contribution < 1.29 is 14.0 Å². The first kappa shape index (κ1) is 19.5. The number of ether oxygens (including phenoxy) is 2. The van der Waals surface area contributed by atoms with Gasteiger partial charge in [0.15, 0.2) is 18.5 Å². The number of fused-ring (bicyclic) bond motifs is 1. The number of aromatic nitrogens is 4. The highest BCUT2D eigenvalue weighted by Crippen LogP contribution is 2.33. The summed E-state index contributed by atoms with van der Waals surface area (Å²) in [4.78, 5) is 9.62. The van der Waals surface area contributed by atoms with Crippen molar-refractivity contribution in [1.82, 2.24) is 19.3 Å². The molecule has 31 heavy (non-hydrogen) atoms. The first-order chi connectivity index (χ1) is 15.2. The molecule has 2 aromatic heterocycles. The van der Waals surface area contributed by atoms with Gasteiger partial charge in [0.2, 0.25) is 11.8 Å². The van der Waals surface area contributed by atoms with Crippen LogP contribution in [0.5, 0.6) is 5.88 Å². The van der Waals surface area contributed by atoms with Crippen LogP contribution in [0.4, 0.5) is 5.82 Å². The van der Waals surface area contributed by atoms with Crippen LogP contribution in [-0.2, 0) is 11.3 Å². The predicted molar refractivity (Wildman–Crippen MR) is 118 cm³/mol. The smallest absolute Gasteiger partial charge is 0.295 e. The fourth-order valence-electron chi connectivity index (χ4n) is 3.97. The van der Waals surface area contributed by atoms with Crippen LogP contribution in [0.3, 0.4) is 0 Å². The van der Waals surface area contributed by atoms with Crippen molar-refractivity contribution in [3.63, 3.8) is 0 Å². The summed E-state index contributed by atoms with van der Waals surface area (Å²) in [7, 11) is 1.64. The number of benzene rings is 1. The van der Waals surface area contributed by atoms with E-state index in [2.05, 4.69) is 56.6 Å². The first-order valence-corrected chi connectivity index (χ1v) is 10.5. The summed E-state index contributed by atoms with van der Waals surface area (Å²) in [5, 5.41) is 8.10. The number of nitrogens with zero attached hydrogens (tertiary/aromatic N) is 6. The summed E-state index contributed by atoms with van der Waals surface area (Å²) in [6.07, 6.45) is 5.61. The summed E-state index contributed by atoms with van der Waals surface area (Å²) < 4.78 is 17.1. The third-order valence-electron chi connectivity index (χ3n) is 5.58. The van der Waals surface area contributed by atoms with E-state index in [-0.39, 0.29) is 6.17 Å². The van der Waals surface area contributed by atoms with Gasteiger partial charge in [-0.3, -0.25) is 0 Å². The van der Waals surface area contributed by atoms with Gasteiger partial charge in [-0.15, -0.1) is 5.10 Å². The normalized spacial score (nSPS) is 18.1. The molecular formula is C22H26N7O2+. The number of aryl methyl sites for hydroxylation is 2. The number of imidazole rings is 1. The number of aliphatic imine (C=N–C) groups is 1. The molecule has 0 spiro atoms. The largest absolute Gasteiger partial charge is 0.479 e. The Morgan fingerprint density at radius 3 is 3.00 bits per heavy atom. The van der Waals surface area contributed by atoms with Crippen LogP contribution >= 0.6 is 0 Å². The van der Waals surface area contributed by atoms with Crippen molar-refractivity contribution in [3.8, 4) is 17.0 Å². The molecule has 0 radical (unpaired) electrons. The topological polar surface area (TPSA) is 81.5 Å². The highest BCUT2D eigenvalue weighted by Gasteiger charge is 2.35. The van der Waals surface area contributed by atoms with Gasteiger partial charge in [-0.05, 0) is 19.4 Å². The van der Waals surface area contributed by atoms with E-state index < -0.39 is 0 Å². The Balaban J connectivity index is 1.59. The summed E-state index contributed by atoms with van der Waals surface area (Å²) in [6.45, 7) is 6.98. The maximum Gasteiger partial charge on any atom is 0.295 e. The Morgan fingerprint density at radius 2 is 2.26 bits per heavy atom. The maximum absolute atomic E-state index is 5.59. The van der Waals surface area contributed by atoms with Crippen LogP contribution in [0.2, 0.25) is 0 Å². The van der Waals surface area contributed by atoms with Crippen LogP contribution in [0.15, 0.2) is 41.8 Å². The van der Waals surface area contributed by atoms with Gasteiger partial charge in [0.25, 0.3) is 6.17 Å². The van der Waals surface area contributed by atoms with Gasteiger partial charge >= 0.3 is 0 Å². The monoisotopic (exact) mass is 420 g/mol. The average molecular weight is 420 g/mol. The highest BCUT2D eigenvalue weighted by atomic mass is 16.5. The molecule has 1 unspecified atom stereocenters. The average Bonchev–Trinajstić information content (AvgIpc) is 3.43. The van der Waals surface area contributed by atoms with E-state index in [1.54, 1.807) is 11.8 Å². The molecule has 2 aliphatic rings. The molecule has 0 fully saturated rings. The molecule has 1 N–H and O–H groups in total. The summed E-state index contributed by atoms with van der Waals surface area (Å²) in [6, 6.07) is 8.29. The second-order valence-electron chi connectivity index (χ2n) is 7.58. The molecule has 0 saturated carbocycles. The SMILES string of the molecule is CCn1cnc2c1NC(n1cc(-c3cccc(C)c3)c(OC)n1)=NC2[N+]1=CCOCC1. The van der Waals surface area contributed by atoms with Gasteiger partial charge in [0, 0.05) is 12.7 Å². The number of hydrogen-bond acceptors (Lipinski definition) is 6. The molecule has 0 amide bonds. The molecule has 0 saturated heterocycles. The molecule has 1 aromatic carbocycles. The van der Waals surface area contributed by atoms with Crippen LogP contribution in [0.25, 0.3) is 11.1 Å². The lowest BCUT2D eigenvalue weighted by Gasteiger charge is -2.22. The van der Waals surface area contributed by atoms with Crippen molar-refractivity contribution >= 4 is 18.0 Å². The molecule has 4 heterocycles. The molecule has 2 aliphatic heterocycles. The van der Waals surface area contributed by atoms with Gasteiger partial charge in [0.1, 0.15) is 19.0 Å². The number of hydrogen-bond donors (Lipinski definition) is 1. The number of rotatable bonds is 4. The van der Waals surface area contributed by atoms with Gasteiger partial charge in [-0.2, -0.15) is 4.99 Å². The van der Waals surface area contributed by atoms with Gasteiger partial charge in [-0.1, -0.05) is 29.8 Å². The van der Waals surface area contributed by atoms with Gasteiger partial charge in [0.05, 0.1) is 19.0 Å². The minimum Gasteiger partial charge on any atom is -0.479 e. The Morgan fingerprint density at radius 1 is 1.35 bits per heavy atom. The second-order valence-corrected chi connectivity index (χ2v) is 7.58. The third kappa shape index (κ3) is 3.50. The van der Waals surface area contributed by atoms with E-state index in [0.29, 0.717) is 25.1 Å². The zero-order valence-corrected chi connectivity index (χ0v) is 17.9. The fourth-order valence-corrected chi connectivity index (χ4v) is 3.97. The van der Waals surface area contributed by atoms with E-state index in [0.717, 1.165) is 35.7 Å². The molecule has 1 atom stereocenters. The maximum atomic E-state index is 5.59. The Hall–Kier alpha value is -3.46. The summed E-state index contributed by atoms with van der Waals surface area (Å²) in [5.74, 6) is 2.12.